The zero-order chi connectivity index (χ0) is 30.7. The van der Waals surface area contributed by atoms with Crippen LogP contribution in [0.5, 0.6) is 0 Å². The lowest BCUT2D eigenvalue weighted by molar-refractivity contribution is -0.170. The van der Waals surface area contributed by atoms with Gasteiger partial charge in [-0.2, -0.15) is 0 Å². The van der Waals surface area contributed by atoms with Crippen molar-refractivity contribution < 1.29 is 19.4 Å². The highest BCUT2D eigenvalue weighted by Crippen LogP contribution is 2.39. The first kappa shape index (κ1) is 30.4. The summed E-state index contributed by atoms with van der Waals surface area (Å²) in [4.78, 5) is 30.1. The van der Waals surface area contributed by atoms with E-state index < -0.39 is 11.2 Å². The number of morpholine rings is 1. The standard InChI is InChI=1S/C36H34Cl2N2O4/c37-31-16-15-30(21-32(31)38)36(18-20-39-19-17-35(43,22-33(39)41)29-9-5-2-6-10-29)25-40(34(42)24-44-36)23-26-11-13-28(14-12-26)27-7-3-1-4-8-27/h1-16,21,43H,17-20,22-25H2. The van der Waals surface area contributed by atoms with Crippen LogP contribution in [0.1, 0.15) is 36.0 Å². The van der Waals surface area contributed by atoms with Crippen LogP contribution < -0.4 is 0 Å². The van der Waals surface area contributed by atoms with Crippen molar-refractivity contribution in [2.24, 2.45) is 0 Å². The average molecular weight is 630 g/mol. The summed E-state index contributed by atoms with van der Waals surface area (Å²) in [7, 11) is 0. The fraction of sp³-hybridized carbons (Fsp3) is 0.278. The number of piperidine rings is 1. The van der Waals surface area contributed by atoms with Gasteiger partial charge in [-0.15, -0.1) is 0 Å². The molecule has 0 saturated carbocycles. The van der Waals surface area contributed by atoms with Crippen molar-refractivity contribution in [3.63, 3.8) is 0 Å². The number of ether oxygens (including phenoxy) is 1. The Morgan fingerprint density at radius 3 is 2.11 bits per heavy atom. The maximum absolute atomic E-state index is 13.3. The molecule has 226 valence electrons. The van der Waals surface area contributed by atoms with Gasteiger partial charge in [0, 0.05) is 19.6 Å². The third-order valence-electron chi connectivity index (χ3n) is 8.84. The number of hydrogen-bond acceptors (Lipinski definition) is 4. The summed E-state index contributed by atoms with van der Waals surface area (Å²) in [5.41, 5.74) is 2.72. The topological polar surface area (TPSA) is 70.1 Å². The SMILES string of the molecule is O=C1CC(O)(c2ccccc2)CCN1CCC1(c2ccc(Cl)c(Cl)c2)CN(Cc2ccc(-c3ccccc3)cc2)C(=O)CO1. The van der Waals surface area contributed by atoms with Gasteiger partial charge in [-0.3, -0.25) is 9.59 Å². The van der Waals surface area contributed by atoms with Crippen LogP contribution in [0.3, 0.4) is 0 Å². The van der Waals surface area contributed by atoms with E-state index >= 15 is 0 Å². The second kappa shape index (κ2) is 12.7. The van der Waals surface area contributed by atoms with Gasteiger partial charge in [-0.05, 0) is 52.8 Å². The number of aliphatic hydroxyl groups is 1. The molecule has 44 heavy (non-hydrogen) atoms. The molecule has 2 heterocycles. The minimum absolute atomic E-state index is 0.0151. The largest absolute Gasteiger partial charge is 0.385 e. The summed E-state index contributed by atoms with van der Waals surface area (Å²) in [6.45, 7) is 1.44. The van der Waals surface area contributed by atoms with Gasteiger partial charge in [-0.25, -0.2) is 0 Å². The van der Waals surface area contributed by atoms with Gasteiger partial charge in [0.1, 0.15) is 17.8 Å². The first-order valence-electron chi connectivity index (χ1n) is 14.8. The van der Waals surface area contributed by atoms with E-state index in [0.717, 1.165) is 27.8 Å². The van der Waals surface area contributed by atoms with Crippen molar-refractivity contribution in [2.75, 3.05) is 26.2 Å². The van der Waals surface area contributed by atoms with E-state index in [0.29, 0.717) is 49.1 Å². The summed E-state index contributed by atoms with van der Waals surface area (Å²) < 4.78 is 6.36. The smallest absolute Gasteiger partial charge is 0.249 e. The van der Waals surface area contributed by atoms with Crippen LogP contribution in [0.15, 0.2) is 103 Å². The van der Waals surface area contributed by atoms with Crippen molar-refractivity contribution in [2.45, 2.75) is 37.0 Å². The van der Waals surface area contributed by atoms with E-state index in [1.54, 1.807) is 17.0 Å². The quantitative estimate of drug-likeness (QED) is 0.233. The number of likely N-dealkylation sites (tertiary alicyclic amines) is 1. The van der Waals surface area contributed by atoms with E-state index in [9.17, 15) is 14.7 Å². The zero-order valence-electron chi connectivity index (χ0n) is 24.3. The van der Waals surface area contributed by atoms with Crippen molar-refractivity contribution in [3.8, 4) is 11.1 Å². The molecule has 2 saturated heterocycles. The highest BCUT2D eigenvalue weighted by molar-refractivity contribution is 6.42. The normalized spacial score (nSPS) is 22.3. The van der Waals surface area contributed by atoms with Crippen LogP contribution >= 0.6 is 23.2 Å². The van der Waals surface area contributed by atoms with Gasteiger partial charge in [0.15, 0.2) is 0 Å². The van der Waals surface area contributed by atoms with Crippen LogP contribution in [-0.2, 0) is 32.1 Å². The third-order valence-corrected chi connectivity index (χ3v) is 9.58. The van der Waals surface area contributed by atoms with Gasteiger partial charge in [0.25, 0.3) is 0 Å². The van der Waals surface area contributed by atoms with Gasteiger partial charge in [-0.1, -0.05) is 114 Å². The van der Waals surface area contributed by atoms with Crippen LogP contribution in [0.25, 0.3) is 11.1 Å². The summed E-state index contributed by atoms with van der Waals surface area (Å²) >= 11 is 12.7. The van der Waals surface area contributed by atoms with Crippen molar-refractivity contribution in [3.05, 3.63) is 130 Å². The minimum Gasteiger partial charge on any atom is -0.385 e. The van der Waals surface area contributed by atoms with Crippen LogP contribution in [0, 0.1) is 0 Å². The Morgan fingerprint density at radius 1 is 0.750 bits per heavy atom. The van der Waals surface area contributed by atoms with E-state index in [4.69, 9.17) is 27.9 Å². The number of rotatable bonds is 8. The number of amides is 2. The van der Waals surface area contributed by atoms with E-state index in [2.05, 4.69) is 24.3 Å². The first-order valence-corrected chi connectivity index (χ1v) is 15.6. The van der Waals surface area contributed by atoms with Crippen molar-refractivity contribution in [1.82, 2.24) is 9.80 Å². The Bertz CT molecular complexity index is 1630. The highest BCUT2D eigenvalue weighted by atomic mass is 35.5. The fourth-order valence-corrected chi connectivity index (χ4v) is 6.52. The molecule has 2 amide bonds. The zero-order valence-corrected chi connectivity index (χ0v) is 25.8. The molecule has 2 atom stereocenters. The summed E-state index contributed by atoms with van der Waals surface area (Å²) in [6, 6.07) is 33.2. The molecule has 0 radical (unpaired) electrons. The molecule has 2 aliphatic heterocycles. The summed E-state index contributed by atoms with van der Waals surface area (Å²) in [6.07, 6.45) is 0.894. The van der Waals surface area contributed by atoms with Crippen molar-refractivity contribution in [1.29, 1.82) is 0 Å². The van der Waals surface area contributed by atoms with Crippen LogP contribution in [0.4, 0.5) is 0 Å². The minimum atomic E-state index is -1.18. The Morgan fingerprint density at radius 2 is 1.43 bits per heavy atom. The lowest BCUT2D eigenvalue weighted by Crippen LogP contribution is -2.54. The Labute approximate surface area is 267 Å². The van der Waals surface area contributed by atoms with Crippen LogP contribution in [-0.4, -0.2) is 53.0 Å². The second-order valence-electron chi connectivity index (χ2n) is 11.7. The Hall–Kier alpha value is -3.68. The molecule has 2 aliphatic rings. The molecular formula is C36H34Cl2N2O4. The maximum Gasteiger partial charge on any atom is 0.249 e. The molecule has 0 aromatic heterocycles. The number of halogens is 2. The molecular weight excluding hydrogens is 595 g/mol. The molecule has 6 nitrogen and oxygen atoms in total. The van der Waals surface area contributed by atoms with E-state index in [-0.39, 0.29) is 24.8 Å². The van der Waals surface area contributed by atoms with Gasteiger partial charge in [0.2, 0.25) is 11.8 Å². The molecule has 2 unspecified atom stereocenters. The lowest BCUT2D eigenvalue weighted by atomic mass is 9.83. The number of hydrogen-bond donors (Lipinski definition) is 1. The number of carbonyl (C=O) groups is 2. The van der Waals surface area contributed by atoms with E-state index in [1.165, 1.54) is 0 Å². The Kier molecular flexibility index (Phi) is 8.79. The number of benzene rings is 4. The first-order chi connectivity index (χ1) is 21.2. The number of carbonyl (C=O) groups excluding carboxylic acids is 2. The van der Waals surface area contributed by atoms with Gasteiger partial charge < -0.3 is 19.6 Å². The molecule has 4 aromatic carbocycles. The molecule has 2 fully saturated rings. The summed E-state index contributed by atoms with van der Waals surface area (Å²) in [5, 5.41) is 12.1. The van der Waals surface area contributed by atoms with Gasteiger partial charge in [0.05, 0.1) is 23.0 Å². The predicted octanol–water partition coefficient (Wildman–Crippen LogP) is 6.82. The monoisotopic (exact) mass is 628 g/mol. The molecule has 0 aliphatic carbocycles. The van der Waals surface area contributed by atoms with Crippen LogP contribution in [0.2, 0.25) is 10.0 Å². The molecule has 6 rings (SSSR count). The van der Waals surface area contributed by atoms with Crippen molar-refractivity contribution >= 4 is 35.0 Å². The molecule has 0 bridgehead atoms. The fourth-order valence-electron chi connectivity index (χ4n) is 6.22. The average Bonchev–Trinajstić information content (AvgIpc) is 3.05. The van der Waals surface area contributed by atoms with Gasteiger partial charge >= 0.3 is 0 Å². The molecule has 8 heteroatoms. The number of nitrogens with zero attached hydrogens (tertiary/aromatic N) is 2. The third kappa shape index (κ3) is 6.40. The molecule has 0 spiro atoms. The van der Waals surface area contributed by atoms with E-state index in [1.807, 2.05) is 71.6 Å². The Balaban J connectivity index is 1.21. The highest BCUT2D eigenvalue weighted by Gasteiger charge is 2.44. The molecule has 4 aromatic rings. The summed E-state index contributed by atoms with van der Waals surface area (Å²) in [5.74, 6) is -0.219. The molecule has 1 N–H and O–H groups in total. The second-order valence-corrected chi connectivity index (χ2v) is 12.5. The maximum atomic E-state index is 13.3. The lowest BCUT2D eigenvalue weighted by Gasteiger charge is -2.45. The predicted molar refractivity (Wildman–Crippen MR) is 172 cm³/mol.